The number of aryl methyl sites for hydroxylation is 1. The van der Waals surface area contributed by atoms with Gasteiger partial charge in [0.1, 0.15) is 0 Å². The van der Waals surface area contributed by atoms with Gasteiger partial charge in [-0.25, -0.2) is 4.98 Å². The van der Waals surface area contributed by atoms with Gasteiger partial charge >= 0.3 is 0 Å². The number of thiazole rings is 1. The maximum Gasteiger partial charge on any atom is 0.180 e. The average Bonchev–Trinajstić information content (AvgIpc) is 2.31. The van der Waals surface area contributed by atoms with Crippen molar-refractivity contribution in [2.24, 2.45) is 5.73 Å². The van der Waals surface area contributed by atoms with E-state index >= 15 is 0 Å². The minimum atomic E-state index is 0.663. The van der Waals surface area contributed by atoms with Gasteiger partial charge in [0, 0.05) is 22.9 Å². The summed E-state index contributed by atoms with van der Waals surface area (Å²) in [5.74, 6) is 1.98. The van der Waals surface area contributed by atoms with Crippen molar-refractivity contribution < 1.29 is 0 Å². The third-order valence-electron chi connectivity index (χ3n) is 1.40. The molecule has 1 rings (SSSR count). The van der Waals surface area contributed by atoms with Gasteiger partial charge in [0.05, 0.1) is 5.69 Å². The van der Waals surface area contributed by atoms with Crippen LogP contribution in [0, 0.1) is 6.92 Å². The normalized spacial score (nSPS) is 10.5. The maximum atomic E-state index is 5.56. The van der Waals surface area contributed by atoms with Gasteiger partial charge in [-0.15, -0.1) is 11.3 Å². The molecule has 0 aliphatic heterocycles. The van der Waals surface area contributed by atoms with Gasteiger partial charge in [-0.05, 0) is 6.92 Å². The Balaban J connectivity index is 2.45. The van der Waals surface area contributed by atoms with Crippen LogP contribution in [0.5, 0.6) is 0 Å². The van der Waals surface area contributed by atoms with E-state index in [2.05, 4.69) is 4.98 Å². The Bertz CT molecular complexity index is 247. The highest BCUT2D eigenvalue weighted by atomic mass is 32.2. The van der Waals surface area contributed by atoms with Gasteiger partial charge in [-0.1, -0.05) is 0 Å². The smallest absolute Gasteiger partial charge is 0.180 e. The Hall–Kier alpha value is -0.260. The number of thioether (sulfide) groups is 1. The van der Waals surface area contributed by atoms with Crippen molar-refractivity contribution >= 4 is 28.2 Å². The Kier molecular flexibility index (Phi) is 3.84. The first-order valence-electron chi connectivity index (χ1n) is 3.73. The zero-order valence-corrected chi connectivity index (χ0v) is 8.67. The van der Waals surface area contributed by atoms with Crippen LogP contribution in [-0.2, 0) is 5.75 Å². The van der Waals surface area contributed by atoms with Crippen molar-refractivity contribution in [1.82, 2.24) is 4.98 Å². The Morgan fingerprint density at radius 1 is 1.58 bits per heavy atom. The summed E-state index contributed by atoms with van der Waals surface area (Å²) in [6, 6.07) is 0. The summed E-state index contributed by atoms with van der Waals surface area (Å²) in [6.07, 6.45) is 0. The minimum Gasteiger partial charge on any atom is -0.375 e. The van der Waals surface area contributed by atoms with Gasteiger partial charge in [-0.3, -0.25) is 0 Å². The van der Waals surface area contributed by atoms with Gasteiger partial charge in [0.15, 0.2) is 5.13 Å². The second kappa shape index (κ2) is 4.69. The molecule has 0 spiro atoms. The molecule has 0 aliphatic carbocycles. The number of hydrogen-bond acceptors (Lipinski definition) is 5. The predicted molar refractivity (Wildman–Crippen MR) is 56.5 cm³/mol. The summed E-state index contributed by atoms with van der Waals surface area (Å²) in [5.41, 5.74) is 12.0. The third-order valence-corrected chi connectivity index (χ3v) is 3.59. The van der Waals surface area contributed by atoms with Gasteiger partial charge in [0.2, 0.25) is 0 Å². The van der Waals surface area contributed by atoms with Crippen LogP contribution in [0.4, 0.5) is 5.13 Å². The zero-order chi connectivity index (χ0) is 8.97. The summed E-state index contributed by atoms with van der Waals surface area (Å²) in [4.78, 5) is 5.41. The lowest BCUT2D eigenvalue weighted by Crippen LogP contribution is -2.01. The zero-order valence-electron chi connectivity index (χ0n) is 7.04. The fourth-order valence-electron chi connectivity index (χ4n) is 0.833. The number of nitrogens with zero attached hydrogens (tertiary/aromatic N) is 1. The molecule has 68 valence electrons. The molecule has 0 radical (unpaired) electrons. The molecule has 4 N–H and O–H groups in total. The summed E-state index contributed by atoms with van der Waals surface area (Å²) < 4.78 is 0. The molecule has 1 aromatic rings. The molecule has 5 heteroatoms. The predicted octanol–water partition coefficient (Wildman–Crippen LogP) is 1.23. The van der Waals surface area contributed by atoms with E-state index in [0.29, 0.717) is 5.13 Å². The number of rotatable bonds is 4. The van der Waals surface area contributed by atoms with Crippen LogP contribution in [0.15, 0.2) is 0 Å². The molecular weight excluding hydrogens is 190 g/mol. The molecule has 0 bridgehead atoms. The van der Waals surface area contributed by atoms with Crippen molar-refractivity contribution in [1.29, 1.82) is 0 Å². The van der Waals surface area contributed by atoms with E-state index in [1.807, 2.05) is 18.7 Å². The van der Waals surface area contributed by atoms with Gasteiger partial charge in [-0.2, -0.15) is 11.8 Å². The van der Waals surface area contributed by atoms with Crippen LogP contribution in [0.2, 0.25) is 0 Å². The molecule has 0 atom stereocenters. The first-order chi connectivity index (χ1) is 5.74. The molecule has 3 nitrogen and oxygen atoms in total. The van der Waals surface area contributed by atoms with Gasteiger partial charge in [0.25, 0.3) is 0 Å². The number of hydrogen-bond donors (Lipinski definition) is 2. The lowest BCUT2D eigenvalue weighted by Gasteiger charge is -1.96. The largest absolute Gasteiger partial charge is 0.375 e. The van der Waals surface area contributed by atoms with E-state index in [9.17, 15) is 0 Å². The Labute approximate surface area is 80.6 Å². The van der Waals surface area contributed by atoms with E-state index < -0.39 is 0 Å². The quantitative estimate of drug-likeness (QED) is 0.722. The second-order valence-electron chi connectivity index (χ2n) is 2.40. The molecule has 0 amide bonds. The van der Waals surface area contributed by atoms with Crippen LogP contribution >= 0.6 is 23.1 Å². The number of nitrogens with two attached hydrogens (primary N) is 2. The maximum absolute atomic E-state index is 5.56. The first kappa shape index (κ1) is 9.83. The number of aromatic nitrogens is 1. The SMILES string of the molecule is Cc1nc(N)sc1CSCCN. The fraction of sp³-hybridized carbons (Fsp3) is 0.571. The molecule has 12 heavy (non-hydrogen) atoms. The highest BCUT2D eigenvalue weighted by Gasteiger charge is 2.03. The highest BCUT2D eigenvalue weighted by molar-refractivity contribution is 7.98. The topological polar surface area (TPSA) is 64.9 Å². The van der Waals surface area contributed by atoms with Crippen molar-refractivity contribution in [3.63, 3.8) is 0 Å². The number of anilines is 1. The van der Waals surface area contributed by atoms with Crippen molar-refractivity contribution in [3.8, 4) is 0 Å². The summed E-state index contributed by atoms with van der Waals surface area (Å²) >= 11 is 3.39. The molecule has 1 heterocycles. The van der Waals surface area contributed by atoms with E-state index in [0.717, 1.165) is 23.7 Å². The van der Waals surface area contributed by atoms with E-state index in [1.54, 1.807) is 11.3 Å². The van der Waals surface area contributed by atoms with Gasteiger partial charge < -0.3 is 11.5 Å². The number of nitrogen functional groups attached to an aromatic ring is 1. The fourth-order valence-corrected chi connectivity index (χ4v) is 2.65. The molecule has 1 aromatic heterocycles. The van der Waals surface area contributed by atoms with E-state index in [4.69, 9.17) is 11.5 Å². The Morgan fingerprint density at radius 3 is 2.83 bits per heavy atom. The molecule has 0 aromatic carbocycles. The summed E-state index contributed by atoms with van der Waals surface area (Å²) in [7, 11) is 0. The molecule has 0 unspecified atom stereocenters. The molecular formula is C7H13N3S2. The molecule has 0 aliphatic rings. The monoisotopic (exact) mass is 203 g/mol. The second-order valence-corrected chi connectivity index (χ2v) is 4.62. The van der Waals surface area contributed by atoms with Crippen LogP contribution in [0.3, 0.4) is 0 Å². The minimum absolute atomic E-state index is 0.663. The highest BCUT2D eigenvalue weighted by Crippen LogP contribution is 2.23. The van der Waals surface area contributed by atoms with E-state index in [1.165, 1.54) is 4.88 Å². The van der Waals surface area contributed by atoms with Crippen molar-refractivity contribution in [2.45, 2.75) is 12.7 Å². The Morgan fingerprint density at radius 2 is 2.33 bits per heavy atom. The lowest BCUT2D eigenvalue weighted by molar-refractivity contribution is 1.15. The van der Waals surface area contributed by atoms with E-state index in [-0.39, 0.29) is 0 Å². The summed E-state index contributed by atoms with van der Waals surface area (Å²) in [5, 5.41) is 0.663. The van der Waals surface area contributed by atoms with Crippen molar-refractivity contribution in [2.75, 3.05) is 18.0 Å². The standard InChI is InChI=1S/C7H13N3S2/c1-5-6(4-11-3-2-8)12-7(9)10-5/h2-4,8H2,1H3,(H2,9,10). The third kappa shape index (κ3) is 2.66. The van der Waals surface area contributed by atoms with Crippen molar-refractivity contribution in [3.05, 3.63) is 10.6 Å². The first-order valence-corrected chi connectivity index (χ1v) is 5.70. The van der Waals surface area contributed by atoms with Crippen LogP contribution in [0.1, 0.15) is 10.6 Å². The molecule has 0 fully saturated rings. The van der Waals surface area contributed by atoms with Crippen LogP contribution < -0.4 is 11.5 Å². The lowest BCUT2D eigenvalue weighted by atomic mass is 10.4. The summed E-state index contributed by atoms with van der Waals surface area (Å²) in [6.45, 7) is 2.73. The molecule has 0 saturated carbocycles. The van der Waals surface area contributed by atoms with Crippen LogP contribution in [0.25, 0.3) is 0 Å². The van der Waals surface area contributed by atoms with Crippen LogP contribution in [-0.4, -0.2) is 17.3 Å². The average molecular weight is 203 g/mol. The molecule has 0 saturated heterocycles.